The van der Waals surface area contributed by atoms with Crippen LogP contribution in [0.25, 0.3) is 0 Å². The van der Waals surface area contributed by atoms with E-state index < -0.39 is 0 Å². The molecule has 0 spiro atoms. The Morgan fingerprint density at radius 3 is 3.10 bits per heavy atom. The van der Waals surface area contributed by atoms with Gasteiger partial charge in [0.1, 0.15) is 6.04 Å². The van der Waals surface area contributed by atoms with E-state index in [1.807, 2.05) is 30.5 Å². The summed E-state index contributed by atoms with van der Waals surface area (Å²) >= 11 is 3.35. The van der Waals surface area contributed by atoms with Gasteiger partial charge in [-0.25, -0.2) is 0 Å². The molecule has 2 aliphatic rings. The molecule has 2 atom stereocenters. The maximum absolute atomic E-state index is 12.5. The van der Waals surface area contributed by atoms with Crippen LogP contribution >= 0.6 is 23.5 Å². The fraction of sp³-hybridized carbons (Fsp3) is 0.467. The van der Waals surface area contributed by atoms with Gasteiger partial charge < -0.3 is 10.2 Å². The Balaban J connectivity index is 1.75. The summed E-state index contributed by atoms with van der Waals surface area (Å²) in [4.78, 5) is 27.3. The first-order valence-electron chi connectivity index (χ1n) is 6.94. The van der Waals surface area contributed by atoms with Gasteiger partial charge >= 0.3 is 0 Å². The molecular formula is C15H18N2O2S2. The molecule has 1 N–H and O–H groups in total. The number of carbonyl (C=O) groups is 2. The molecule has 0 radical (unpaired) electrons. The maximum Gasteiger partial charge on any atom is 0.248 e. The van der Waals surface area contributed by atoms with Crippen LogP contribution in [0.4, 0.5) is 5.69 Å². The fourth-order valence-electron chi connectivity index (χ4n) is 2.94. The Morgan fingerprint density at radius 1 is 1.52 bits per heavy atom. The first-order chi connectivity index (χ1) is 10.0. The molecule has 2 saturated heterocycles. The SMILES string of the molecule is CSc1cccc(NC(=O)[C@H]2CS[C@@]3(C)CCC(=O)N23)c1. The topological polar surface area (TPSA) is 49.4 Å². The highest BCUT2D eigenvalue weighted by molar-refractivity contribution is 8.01. The lowest BCUT2D eigenvalue weighted by Gasteiger charge is -2.29. The number of nitrogens with one attached hydrogen (secondary N) is 1. The predicted octanol–water partition coefficient (Wildman–Crippen LogP) is 2.80. The second kappa shape index (κ2) is 5.57. The molecule has 2 fully saturated rings. The highest BCUT2D eigenvalue weighted by Crippen LogP contribution is 2.47. The van der Waals surface area contributed by atoms with Crippen molar-refractivity contribution in [1.82, 2.24) is 4.90 Å². The van der Waals surface area contributed by atoms with Crippen LogP contribution in [0.3, 0.4) is 0 Å². The summed E-state index contributed by atoms with van der Waals surface area (Å²) in [6.07, 6.45) is 3.39. The van der Waals surface area contributed by atoms with Gasteiger partial charge in [-0.1, -0.05) is 6.07 Å². The van der Waals surface area contributed by atoms with Crippen LogP contribution in [0.1, 0.15) is 19.8 Å². The van der Waals surface area contributed by atoms with E-state index in [9.17, 15) is 9.59 Å². The van der Waals surface area contributed by atoms with Crippen LogP contribution in [0.2, 0.25) is 0 Å². The summed E-state index contributed by atoms with van der Waals surface area (Å²) in [5, 5.41) is 2.95. The Morgan fingerprint density at radius 2 is 2.33 bits per heavy atom. The molecular weight excluding hydrogens is 304 g/mol. The lowest BCUT2D eigenvalue weighted by molar-refractivity contribution is -0.135. The number of carbonyl (C=O) groups excluding carboxylic acids is 2. The second-order valence-electron chi connectivity index (χ2n) is 5.49. The number of hydrogen-bond donors (Lipinski definition) is 1. The average molecular weight is 322 g/mol. The van der Waals surface area contributed by atoms with E-state index >= 15 is 0 Å². The molecule has 0 aliphatic carbocycles. The maximum atomic E-state index is 12.5. The zero-order valence-electron chi connectivity index (χ0n) is 12.1. The molecule has 1 aromatic carbocycles. The summed E-state index contributed by atoms with van der Waals surface area (Å²) in [7, 11) is 0. The van der Waals surface area contributed by atoms with Crippen molar-refractivity contribution < 1.29 is 9.59 Å². The number of fused-ring (bicyclic) bond motifs is 1. The summed E-state index contributed by atoms with van der Waals surface area (Å²) in [6.45, 7) is 2.06. The largest absolute Gasteiger partial charge is 0.324 e. The number of nitrogens with zero attached hydrogens (tertiary/aromatic N) is 1. The third kappa shape index (κ3) is 2.66. The minimum atomic E-state index is -0.354. The van der Waals surface area contributed by atoms with E-state index in [0.29, 0.717) is 12.2 Å². The first kappa shape index (κ1) is 14.8. The van der Waals surface area contributed by atoms with E-state index in [1.165, 1.54) is 0 Å². The van der Waals surface area contributed by atoms with E-state index in [2.05, 4.69) is 12.2 Å². The lowest BCUT2D eigenvalue weighted by Crippen LogP contribution is -2.48. The molecule has 2 amide bonds. The van der Waals surface area contributed by atoms with E-state index in [1.54, 1.807) is 28.4 Å². The number of benzene rings is 1. The van der Waals surface area contributed by atoms with Gasteiger partial charge in [0.05, 0.1) is 4.87 Å². The molecule has 0 saturated carbocycles. The van der Waals surface area contributed by atoms with Gasteiger partial charge in [0.25, 0.3) is 0 Å². The van der Waals surface area contributed by atoms with Crippen LogP contribution in [0.5, 0.6) is 0 Å². The first-order valence-corrected chi connectivity index (χ1v) is 9.15. The van der Waals surface area contributed by atoms with Crippen molar-refractivity contribution in [3.05, 3.63) is 24.3 Å². The molecule has 0 bridgehead atoms. The van der Waals surface area contributed by atoms with Gasteiger partial charge in [-0.05, 0) is 37.8 Å². The Kier molecular flexibility index (Phi) is 3.92. The monoisotopic (exact) mass is 322 g/mol. The summed E-state index contributed by atoms with van der Waals surface area (Å²) in [5.41, 5.74) is 0.789. The van der Waals surface area contributed by atoms with E-state index in [4.69, 9.17) is 0 Å². The smallest absolute Gasteiger partial charge is 0.248 e. The van der Waals surface area contributed by atoms with Crippen molar-refractivity contribution in [3.8, 4) is 0 Å². The standard InChI is InChI=1S/C15H18N2O2S2/c1-15-7-6-13(18)17(15)12(9-21-15)14(19)16-10-4-3-5-11(8-10)20-2/h3-5,8,12H,6-7,9H2,1-2H3,(H,16,19)/t12-,15+/m1/s1. The Bertz CT molecular complexity index is 593. The number of rotatable bonds is 3. The predicted molar refractivity (Wildman–Crippen MR) is 87.6 cm³/mol. The van der Waals surface area contributed by atoms with Gasteiger partial charge in [0.15, 0.2) is 0 Å². The van der Waals surface area contributed by atoms with E-state index in [-0.39, 0.29) is 22.7 Å². The molecule has 2 heterocycles. The average Bonchev–Trinajstić information content (AvgIpc) is 2.96. The van der Waals surface area contributed by atoms with Crippen molar-refractivity contribution in [2.24, 2.45) is 0 Å². The number of hydrogen-bond acceptors (Lipinski definition) is 4. The molecule has 0 aromatic heterocycles. The highest BCUT2D eigenvalue weighted by atomic mass is 32.2. The molecule has 21 heavy (non-hydrogen) atoms. The van der Waals surface area contributed by atoms with E-state index in [0.717, 1.165) is 17.0 Å². The quantitative estimate of drug-likeness (QED) is 0.870. The molecule has 112 valence electrons. The van der Waals surface area contributed by atoms with Gasteiger partial charge in [-0.15, -0.1) is 23.5 Å². The zero-order valence-corrected chi connectivity index (χ0v) is 13.7. The van der Waals surface area contributed by atoms with Gasteiger partial charge in [0, 0.05) is 22.8 Å². The van der Waals surface area contributed by atoms with Gasteiger partial charge in [-0.2, -0.15) is 0 Å². The molecule has 2 aliphatic heterocycles. The molecule has 0 unspecified atom stereocenters. The summed E-state index contributed by atoms with van der Waals surface area (Å²) in [6, 6.07) is 7.41. The number of thioether (sulfide) groups is 2. The van der Waals surface area contributed by atoms with Gasteiger partial charge in [-0.3, -0.25) is 9.59 Å². The van der Waals surface area contributed by atoms with Crippen LogP contribution < -0.4 is 5.32 Å². The van der Waals surface area contributed by atoms with Crippen LogP contribution in [0, 0.1) is 0 Å². The van der Waals surface area contributed by atoms with Gasteiger partial charge in [0.2, 0.25) is 11.8 Å². The summed E-state index contributed by atoms with van der Waals surface area (Å²) in [5.74, 6) is 0.691. The third-order valence-electron chi connectivity index (χ3n) is 4.08. The minimum absolute atomic E-state index is 0.0836. The van der Waals surface area contributed by atoms with Crippen LogP contribution in [-0.4, -0.2) is 39.6 Å². The number of amides is 2. The second-order valence-corrected chi connectivity index (χ2v) is 7.87. The van der Waals surface area contributed by atoms with Crippen molar-refractivity contribution in [1.29, 1.82) is 0 Å². The molecule has 1 aromatic rings. The lowest BCUT2D eigenvalue weighted by atomic mass is 10.2. The molecule has 3 rings (SSSR count). The van der Waals surface area contributed by atoms with Crippen molar-refractivity contribution in [3.63, 3.8) is 0 Å². The van der Waals surface area contributed by atoms with Crippen LogP contribution in [0.15, 0.2) is 29.2 Å². The fourth-order valence-corrected chi connectivity index (χ4v) is 4.83. The Labute approximate surface area is 133 Å². The normalized spacial score (nSPS) is 27.8. The minimum Gasteiger partial charge on any atom is -0.324 e. The molecule has 4 nitrogen and oxygen atoms in total. The molecule has 6 heteroatoms. The van der Waals surface area contributed by atoms with Crippen molar-refractivity contribution in [2.75, 3.05) is 17.3 Å². The number of anilines is 1. The van der Waals surface area contributed by atoms with Crippen molar-refractivity contribution in [2.45, 2.75) is 35.6 Å². The third-order valence-corrected chi connectivity index (χ3v) is 6.32. The Hall–Kier alpha value is -1.14. The summed E-state index contributed by atoms with van der Waals surface area (Å²) < 4.78 is 0. The van der Waals surface area contributed by atoms with Crippen LogP contribution in [-0.2, 0) is 9.59 Å². The zero-order chi connectivity index (χ0) is 15.0. The van der Waals surface area contributed by atoms with Crippen molar-refractivity contribution >= 4 is 41.0 Å². The highest BCUT2D eigenvalue weighted by Gasteiger charge is 2.52.